The molecular formula is C96H102F4N34. The molecule has 38 heteroatoms. The van der Waals surface area contributed by atoms with Crippen molar-refractivity contribution in [2.45, 2.75) is 152 Å². The van der Waals surface area contributed by atoms with Crippen LogP contribution in [0.5, 0.6) is 0 Å². The summed E-state index contributed by atoms with van der Waals surface area (Å²) >= 11 is 0. The van der Waals surface area contributed by atoms with Crippen molar-refractivity contribution in [1.29, 1.82) is 0 Å². The molecule has 0 spiro atoms. The zero-order valence-electron chi connectivity index (χ0n) is 75.0. The highest BCUT2D eigenvalue weighted by Gasteiger charge is 2.50. The molecule has 26 rings (SSSR count). The van der Waals surface area contributed by atoms with Gasteiger partial charge in [-0.3, -0.25) is 4.98 Å². The van der Waals surface area contributed by atoms with Gasteiger partial charge in [0.2, 0.25) is 23.8 Å². The second kappa shape index (κ2) is 33.2. The molecule has 4 saturated heterocycles. The normalized spacial score (nSPS) is 22.4. The summed E-state index contributed by atoms with van der Waals surface area (Å²) in [7, 11) is 7.27. The third-order valence-electron chi connectivity index (χ3n) is 29.2. The van der Waals surface area contributed by atoms with E-state index in [1.807, 2.05) is 79.4 Å². The Morgan fingerprint density at radius 1 is 0.396 bits per heavy atom. The number of rotatable bonds is 17. The lowest BCUT2D eigenvalue weighted by Crippen LogP contribution is -2.41. The van der Waals surface area contributed by atoms with Crippen molar-refractivity contribution in [3.05, 3.63) is 196 Å². The zero-order chi connectivity index (χ0) is 91.5. The maximum Gasteiger partial charge on any atom is 0.229 e. The molecule has 4 aromatic carbocycles. The summed E-state index contributed by atoms with van der Waals surface area (Å²) in [5.41, 5.74) is 48.7. The van der Waals surface area contributed by atoms with Crippen molar-refractivity contribution in [1.82, 2.24) is 89.4 Å². The number of benzene rings is 4. The molecule has 34 nitrogen and oxygen atoms in total. The van der Waals surface area contributed by atoms with Gasteiger partial charge in [-0.2, -0.15) is 25.0 Å². The predicted molar refractivity (Wildman–Crippen MR) is 509 cm³/mol. The van der Waals surface area contributed by atoms with Crippen LogP contribution in [0.1, 0.15) is 122 Å². The Bertz CT molecular complexity index is 7010. The third kappa shape index (κ3) is 14.9. The van der Waals surface area contributed by atoms with Crippen LogP contribution in [0.25, 0.3) is 61.3 Å². The van der Waals surface area contributed by atoms with Crippen molar-refractivity contribution < 1.29 is 17.6 Å². The third-order valence-corrected chi connectivity index (χ3v) is 29.2. The van der Waals surface area contributed by atoms with E-state index in [1.165, 1.54) is 6.07 Å². The van der Waals surface area contributed by atoms with E-state index in [2.05, 4.69) is 102 Å². The van der Waals surface area contributed by atoms with Crippen LogP contribution in [0.15, 0.2) is 122 Å². The van der Waals surface area contributed by atoms with Gasteiger partial charge in [-0.25, -0.2) is 66.6 Å². The van der Waals surface area contributed by atoms with Crippen LogP contribution in [0.4, 0.5) is 110 Å². The second-order valence-electron chi connectivity index (χ2n) is 37.6. The first-order chi connectivity index (χ1) is 65.1. The van der Waals surface area contributed by atoms with Crippen molar-refractivity contribution >= 4 is 109 Å². The van der Waals surface area contributed by atoms with E-state index in [1.54, 1.807) is 95.0 Å². The number of fused-ring (bicyclic) bond motifs is 22. The van der Waals surface area contributed by atoms with Gasteiger partial charge in [-0.05, 0) is 207 Å². The topological polar surface area (TPSA) is 429 Å². The molecule has 0 radical (unpaired) electrons. The average Bonchev–Trinajstić information content (AvgIpc) is 1.59. The lowest BCUT2D eigenvalue weighted by Gasteiger charge is -2.32. The first-order valence-corrected chi connectivity index (χ1v) is 46.1. The Kier molecular flexibility index (Phi) is 20.8. The number of aryl methyl sites for hydroxylation is 1. The van der Waals surface area contributed by atoms with Crippen molar-refractivity contribution in [2.24, 2.45) is 46.6 Å². The van der Waals surface area contributed by atoms with Crippen molar-refractivity contribution in [3.63, 3.8) is 0 Å². The lowest BCUT2D eigenvalue weighted by atomic mass is 10.0. The number of hydrogen-bond donors (Lipinski definition) is 12. The first-order valence-electron chi connectivity index (χ1n) is 46.1. The number of pyridine rings is 2. The molecule has 4 unspecified atom stereocenters. The van der Waals surface area contributed by atoms with Crippen LogP contribution < -0.4 is 85.1 Å². The average molecular weight is 1810 g/mol. The molecule has 8 bridgehead atoms. The maximum atomic E-state index is 14.6. The quantitative estimate of drug-likeness (QED) is 0.0377. The van der Waals surface area contributed by atoms with E-state index in [0.29, 0.717) is 109 Å². The van der Waals surface area contributed by atoms with E-state index in [-0.39, 0.29) is 53.5 Å². The minimum Gasteiger partial charge on any atom is -0.388 e. The van der Waals surface area contributed by atoms with Gasteiger partial charge in [0.25, 0.3) is 0 Å². The van der Waals surface area contributed by atoms with E-state index in [0.717, 1.165) is 247 Å². The highest BCUT2D eigenvalue weighted by Crippen LogP contribution is 2.55. The Balaban J connectivity index is 0.000000101. The standard InChI is InChI=1S/C26H29FN10.C24H24FN9.C23H25FN8.C23H24FN7/c1-12(2)37-24-22(34-35-37)7-15(10-30-24)31-26-32-21-9-17-18(5-14(27)6-20(17)29-3)23(21)25(33-26)36-11-13-4-16(36)8-19(13)28;1-27-19-6-13(25)5-17-16(19)8-20-22(17)23(33-10-12-4-15(33)7-18(12)26)32-24(31-20)30-14-9-28-21-2-3-29-34(21)11-14;1-11-27-8-14(9-28-11)29-23-30-20-7-16-17(4-13(24)5-19(16)26-2)21(20)22(31-23)32-10-12-3-15(32)6-18(12)25;1-26-19-7-13(24)6-17-16(19)9-20-21(17)22(31-11-12-5-15(31)8-18(12)25)30-23(29-20)28-14-3-2-4-27-10-14/h5-7,10,12-13,16,19,29H,4,8-9,11,28H2,1-3H3,(H,31,32,33);2-3,5-6,9,11-12,15,18,27H,4,7-8,10,26H2,1H3,(H,30,31,32);4-5,8-9,12,15,18,26H,3,6-7,10,25H2,1-2H3,(H,29,30,31);2-4,6-7,10,12,15,18,26H,5,8-9,11,25H2,1H3,(H,28,29,30)/t13-,16?,19-;3*12-,15?,18-/m1111/s1. The van der Waals surface area contributed by atoms with Crippen molar-refractivity contribution in [3.8, 4) is 44.5 Å². The number of hydrogen-bond acceptors (Lipinski definition) is 32. The summed E-state index contributed by atoms with van der Waals surface area (Å²) in [6.45, 7) is 9.39. The fourth-order valence-electron chi connectivity index (χ4n) is 23.0. The Morgan fingerprint density at radius 3 is 1.11 bits per heavy atom. The van der Waals surface area contributed by atoms with Gasteiger partial charge in [-0.15, -0.1) is 5.10 Å². The molecule has 10 aromatic heterocycles. The Labute approximate surface area is 768 Å². The van der Waals surface area contributed by atoms with Gasteiger partial charge in [0.1, 0.15) is 57.9 Å². The van der Waals surface area contributed by atoms with Crippen LogP contribution >= 0.6 is 0 Å². The molecular weight excluding hydrogens is 1710 g/mol. The van der Waals surface area contributed by atoms with Gasteiger partial charge in [0.05, 0.1) is 94.9 Å². The van der Waals surface area contributed by atoms with Gasteiger partial charge >= 0.3 is 0 Å². The molecule has 684 valence electrons. The van der Waals surface area contributed by atoms with Crippen LogP contribution in [0, 0.1) is 53.9 Å². The molecule has 8 aliphatic carbocycles. The van der Waals surface area contributed by atoms with E-state index in [9.17, 15) is 17.6 Å². The first kappa shape index (κ1) is 84.1. The number of halogens is 4. The maximum absolute atomic E-state index is 14.6. The van der Waals surface area contributed by atoms with E-state index in [4.69, 9.17) is 62.8 Å². The minimum atomic E-state index is -0.275. The van der Waals surface area contributed by atoms with Crippen molar-refractivity contribution in [2.75, 3.05) is 117 Å². The largest absolute Gasteiger partial charge is 0.388 e. The van der Waals surface area contributed by atoms with Gasteiger partial charge < -0.3 is 85.1 Å². The molecule has 4 saturated carbocycles. The summed E-state index contributed by atoms with van der Waals surface area (Å²) in [6.07, 6.45) is 24.6. The second-order valence-corrected chi connectivity index (χ2v) is 37.6. The fourth-order valence-corrected chi connectivity index (χ4v) is 23.0. The minimum absolute atomic E-state index is 0.164. The summed E-state index contributed by atoms with van der Waals surface area (Å²) in [5.74, 6) is 6.92. The Morgan fingerprint density at radius 2 is 0.761 bits per heavy atom. The molecule has 134 heavy (non-hydrogen) atoms. The van der Waals surface area contributed by atoms with Gasteiger partial charge in [0.15, 0.2) is 11.3 Å². The van der Waals surface area contributed by atoms with Crippen LogP contribution in [-0.2, 0) is 25.7 Å². The number of piperidine rings is 4. The van der Waals surface area contributed by atoms with Crippen LogP contribution in [0.2, 0.25) is 0 Å². The molecule has 8 fully saturated rings. The highest BCUT2D eigenvalue weighted by molar-refractivity contribution is 5.94. The summed E-state index contributed by atoms with van der Waals surface area (Å²) in [6, 6.07) is 22.7. The van der Waals surface area contributed by atoms with Gasteiger partial charge in [0, 0.05) is 186 Å². The lowest BCUT2D eigenvalue weighted by molar-refractivity contribution is 0.471. The zero-order valence-corrected chi connectivity index (χ0v) is 75.0. The molecule has 4 aliphatic heterocycles. The molecule has 14 heterocycles. The van der Waals surface area contributed by atoms with E-state index >= 15 is 0 Å². The summed E-state index contributed by atoms with van der Waals surface area (Å²) in [4.78, 5) is 70.4. The molecule has 16 N–H and O–H groups in total. The number of nitrogens with two attached hydrogens (primary N) is 4. The van der Waals surface area contributed by atoms with E-state index < -0.39 is 0 Å². The molecule has 14 aromatic rings. The number of anilines is 16. The highest BCUT2D eigenvalue weighted by atomic mass is 19.1. The smallest absolute Gasteiger partial charge is 0.229 e. The number of aromatic nitrogens is 18. The number of nitrogens with zero attached hydrogens (tertiary/aromatic N) is 22. The molecule has 12 aliphatic rings. The monoisotopic (exact) mass is 1810 g/mol. The van der Waals surface area contributed by atoms with Crippen LogP contribution in [0.3, 0.4) is 0 Å². The summed E-state index contributed by atoms with van der Waals surface area (Å²) < 4.78 is 61.6. The summed E-state index contributed by atoms with van der Waals surface area (Å²) in [5, 5.41) is 38.5. The number of nitrogens with one attached hydrogen (secondary N) is 8. The van der Waals surface area contributed by atoms with Crippen LogP contribution in [-0.4, -0.2) is 192 Å². The molecule has 0 amide bonds. The SMILES string of the molecule is CNc1cc(F)cc2c1Cc1nc(Nc3cccnc3)nc(N3C[C@H]4CC3C[C@H]4N)c1-2.CNc1cc(F)cc2c1Cc1nc(Nc3cnc(C)nc3)nc(N3C[C@H]4CC3C[C@H]4N)c1-2.CNc1cc(F)cc2c1Cc1nc(Nc3cnc4c(c3)nnn4C(C)C)nc(N3C[C@H]4CC3C[C@H]4N)c1-2.CNc1cc(F)cc2c1Cc1nc(Nc3cnc4ccnn4c3)nc(N3C[C@H]4CC3C[C@H]4N)c1-2. The predicted octanol–water partition coefficient (Wildman–Crippen LogP) is 12.8. The molecule has 12 atom stereocenters. The fraction of sp³-hybridized carbons (Fsp3) is 0.375. The Hall–Kier alpha value is -14.2. The van der Waals surface area contributed by atoms with Gasteiger partial charge in [-0.1, -0.05) is 5.21 Å².